The summed E-state index contributed by atoms with van der Waals surface area (Å²) in [5, 5.41) is 2.41. The summed E-state index contributed by atoms with van der Waals surface area (Å²) in [6.45, 7) is 9.01. The number of carbonyl (C=O) groups is 4. The van der Waals surface area contributed by atoms with Crippen LogP contribution in [0.25, 0.3) is 0 Å². The summed E-state index contributed by atoms with van der Waals surface area (Å²) in [4.78, 5) is 50.9. The van der Waals surface area contributed by atoms with E-state index in [9.17, 15) is 19.2 Å². The lowest BCUT2D eigenvalue weighted by molar-refractivity contribution is -0.196. The number of piperidine rings is 1. The van der Waals surface area contributed by atoms with Gasteiger partial charge in [0.25, 0.3) is 0 Å². The topological polar surface area (TPSA) is 130 Å². The summed E-state index contributed by atoms with van der Waals surface area (Å²) in [6, 6.07) is 6.39. The molecule has 1 unspecified atom stereocenters. The zero-order chi connectivity index (χ0) is 26.8. The molecule has 0 aromatic heterocycles. The molecular weight excluding hydrogens is 472 g/mol. The first-order chi connectivity index (χ1) is 17.0. The first-order valence-electron chi connectivity index (χ1n) is 12.0. The number of rotatable bonds is 9. The lowest BCUT2D eigenvalue weighted by atomic mass is 9.91. The number of nitrogens with one attached hydrogen (secondary N) is 1. The summed E-state index contributed by atoms with van der Waals surface area (Å²) >= 11 is 0. The molecule has 36 heavy (non-hydrogen) atoms. The number of ether oxygens (including phenoxy) is 5. The van der Waals surface area contributed by atoms with Gasteiger partial charge in [0.05, 0.1) is 12.2 Å². The second kappa shape index (κ2) is 13.1. The Bertz CT molecular complexity index is 911. The maximum Gasteiger partial charge on any atom is 0.415 e. The van der Waals surface area contributed by atoms with Crippen molar-refractivity contribution >= 4 is 23.9 Å². The number of amides is 2. The lowest BCUT2D eigenvalue weighted by Gasteiger charge is -2.45. The molecule has 1 aromatic carbocycles. The molecule has 1 aliphatic rings. The molecule has 1 aromatic rings. The highest BCUT2D eigenvalue weighted by Gasteiger charge is 2.48. The van der Waals surface area contributed by atoms with Crippen LogP contribution in [0.4, 0.5) is 4.79 Å². The first kappa shape index (κ1) is 28.9. The monoisotopic (exact) mass is 508 g/mol. The number of nitrogens with zero attached hydrogens (tertiary/aromatic N) is 1. The van der Waals surface area contributed by atoms with Crippen LogP contribution in [0.1, 0.15) is 59.4 Å². The quantitative estimate of drug-likeness (QED) is 0.232. The van der Waals surface area contributed by atoms with Crippen LogP contribution in [0.2, 0.25) is 0 Å². The number of benzene rings is 1. The Morgan fingerprint density at radius 1 is 1.03 bits per heavy atom. The Morgan fingerprint density at radius 2 is 1.72 bits per heavy atom. The fourth-order valence-electron chi connectivity index (χ4n) is 3.58. The van der Waals surface area contributed by atoms with E-state index in [2.05, 4.69) is 5.32 Å². The predicted octanol–water partition coefficient (Wildman–Crippen LogP) is 2.86. The van der Waals surface area contributed by atoms with Gasteiger partial charge in [-0.25, -0.2) is 14.4 Å². The molecule has 2 rings (SSSR count). The number of likely N-dealkylation sites (N-methyl/N-ethyl adjacent to an activating group) is 1. The minimum absolute atomic E-state index is 0.234. The van der Waals surface area contributed by atoms with Gasteiger partial charge >= 0.3 is 23.9 Å². The summed E-state index contributed by atoms with van der Waals surface area (Å²) in [5.41, 5.74) is -1.67. The number of esters is 2. The molecule has 200 valence electrons. The van der Waals surface area contributed by atoms with E-state index in [1.54, 1.807) is 38.1 Å². The van der Waals surface area contributed by atoms with Gasteiger partial charge in [0.15, 0.2) is 13.4 Å². The normalized spacial score (nSPS) is 17.6. The third-order valence-corrected chi connectivity index (χ3v) is 5.23. The van der Waals surface area contributed by atoms with E-state index in [-0.39, 0.29) is 39.5 Å². The molecule has 0 spiro atoms. The zero-order valence-corrected chi connectivity index (χ0v) is 21.6. The number of likely N-dealkylation sites (tertiary alicyclic amines) is 1. The Labute approximate surface area is 211 Å². The molecule has 11 heteroatoms. The van der Waals surface area contributed by atoms with Crippen molar-refractivity contribution in [2.45, 2.75) is 65.2 Å². The van der Waals surface area contributed by atoms with Crippen LogP contribution in [-0.2, 0) is 39.1 Å². The third kappa shape index (κ3) is 8.11. The summed E-state index contributed by atoms with van der Waals surface area (Å²) in [7, 11) is 0. The third-order valence-electron chi connectivity index (χ3n) is 5.23. The van der Waals surface area contributed by atoms with Crippen molar-refractivity contribution in [2.24, 2.45) is 0 Å². The molecule has 1 aliphatic heterocycles. The second-order valence-electron chi connectivity index (χ2n) is 9.04. The van der Waals surface area contributed by atoms with Crippen LogP contribution in [0.3, 0.4) is 0 Å². The van der Waals surface area contributed by atoms with Crippen molar-refractivity contribution in [3.05, 3.63) is 29.8 Å². The molecule has 0 aliphatic carbocycles. The van der Waals surface area contributed by atoms with E-state index in [1.807, 2.05) is 20.8 Å². The van der Waals surface area contributed by atoms with Crippen molar-refractivity contribution < 1.29 is 42.9 Å². The van der Waals surface area contributed by atoms with Gasteiger partial charge in [0.2, 0.25) is 5.72 Å². The van der Waals surface area contributed by atoms with E-state index >= 15 is 0 Å². The molecule has 0 radical (unpaired) electrons. The summed E-state index contributed by atoms with van der Waals surface area (Å²) < 4.78 is 26.9. The average Bonchev–Trinajstić information content (AvgIpc) is 2.82. The highest BCUT2D eigenvalue weighted by Crippen LogP contribution is 2.40. The van der Waals surface area contributed by atoms with Crippen LogP contribution in [0.5, 0.6) is 5.75 Å². The van der Waals surface area contributed by atoms with Crippen molar-refractivity contribution in [1.82, 2.24) is 10.2 Å². The molecule has 1 atom stereocenters. The van der Waals surface area contributed by atoms with Gasteiger partial charge in [-0.3, -0.25) is 9.69 Å². The Morgan fingerprint density at radius 3 is 2.33 bits per heavy atom. The highest BCUT2D eigenvalue weighted by molar-refractivity contribution is 6.32. The minimum atomic E-state index is -1.58. The highest BCUT2D eigenvalue weighted by atomic mass is 16.7. The lowest BCUT2D eigenvalue weighted by Crippen LogP contribution is -2.56. The minimum Gasteiger partial charge on any atom is -0.482 e. The Balaban J connectivity index is 2.33. The van der Waals surface area contributed by atoms with Gasteiger partial charge in [-0.1, -0.05) is 0 Å². The molecule has 11 nitrogen and oxygen atoms in total. The molecule has 1 heterocycles. The Kier molecular flexibility index (Phi) is 10.5. The predicted molar refractivity (Wildman–Crippen MR) is 128 cm³/mol. The maximum atomic E-state index is 13.1. The van der Waals surface area contributed by atoms with Gasteiger partial charge in [-0.15, -0.1) is 0 Å². The fourth-order valence-corrected chi connectivity index (χ4v) is 3.58. The van der Waals surface area contributed by atoms with Gasteiger partial charge < -0.3 is 29.0 Å². The number of hydrogen-bond acceptors (Lipinski definition) is 9. The van der Waals surface area contributed by atoms with E-state index in [0.29, 0.717) is 24.2 Å². The second-order valence-corrected chi connectivity index (χ2v) is 9.04. The number of hydrogen-bond donors (Lipinski definition) is 1. The zero-order valence-electron chi connectivity index (χ0n) is 21.6. The largest absolute Gasteiger partial charge is 0.482 e. The fraction of sp³-hybridized carbons (Fsp3) is 0.600. The molecular formula is C25H36N2O9. The molecule has 2 amide bonds. The van der Waals surface area contributed by atoms with Gasteiger partial charge in [-0.05, 0) is 71.7 Å². The Hall–Kier alpha value is -3.34. The van der Waals surface area contributed by atoms with Gasteiger partial charge in [-0.2, -0.15) is 0 Å². The maximum absolute atomic E-state index is 13.1. The van der Waals surface area contributed by atoms with Crippen molar-refractivity contribution in [2.75, 3.05) is 33.1 Å². The SMILES string of the molecule is CCNC(=O)C(=O)OC1(c2ccc(OCC(=O)OCC)cc2)CCCCN1C(=O)OCOC(C)(C)C. The molecule has 0 saturated carbocycles. The average molecular weight is 509 g/mol. The van der Waals surface area contributed by atoms with Crippen molar-refractivity contribution in [1.29, 1.82) is 0 Å². The van der Waals surface area contributed by atoms with Crippen LogP contribution < -0.4 is 10.1 Å². The molecule has 0 bridgehead atoms. The van der Waals surface area contributed by atoms with E-state index < -0.39 is 35.3 Å². The summed E-state index contributed by atoms with van der Waals surface area (Å²) in [5.74, 6) is -2.17. The van der Waals surface area contributed by atoms with Crippen LogP contribution in [-0.4, -0.2) is 67.5 Å². The van der Waals surface area contributed by atoms with Gasteiger partial charge in [0.1, 0.15) is 5.75 Å². The van der Waals surface area contributed by atoms with E-state index in [4.69, 9.17) is 23.7 Å². The van der Waals surface area contributed by atoms with Crippen molar-refractivity contribution in [3.63, 3.8) is 0 Å². The van der Waals surface area contributed by atoms with Crippen LogP contribution in [0.15, 0.2) is 24.3 Å². The molecule has 1 N–H and O–H groups in total. The van der Waals surface area contributed by atoms with Gasteiger partial charge in [0, 0.05) is 25.1 Å². The first-order valence-corrected chi connectivity index (χ1v) is 12.0. The van der Waals surface area contributed by atoms with Crippen LogP contribution >= 0.6 is 0 Å². The van der Waals surface area contributed by atoms with Crippen LogP contribution in [0, 0.1) is 0 Å². The standard InChI is InChI=1S/C25H36N2O9/c1-6-26-21(29)22(30)36-25(18-10-12-19(13-11-18)33-16-20(28)32-7-2)14-8-9-15-27(25)23(31)34-17-35-24(3,4)5/h10-13H,6-9,14-17H2,1-5H3,(H,26,29). The molecule has 1 fully saturated rings. The summed E-state index contributed by atoms with van der Waals surface area (Å²) in [6.07, 6.45) is 0.782. The smallest absolute Gasteiger partial charge is 0.415 e. The van der Waals surface area contributed by atoms with E-state index in [1.165, 1.54) is 4.90 Å². The molecule has 1 saturated heterocycles. The van der Waals surface area contributed by atoms with E-state index in [0.717, 1.165) is 0 Å². The van der Waals surface area contributed by atoms with Crippen molar-refractivity contribution in [3.8, 4) is 5.75 Å². The number of carbonyl (C=O) groups excluding carboxylic acids is 4.